The van der Waals surface area contributed by atoms with Crippen LogP contribution in [0.15, 0.2) is 36.4 Å². The molecule has 0 saturated carbocycles. The zero-order valence-corrected chi connectivity index (χ0v) is 15.3. The number of hydrogen-bond donors (Lipinski definition) is 2. The number of benzene rings is 1. The molecular weight excluding hydrogens is 360 g/mol. The van der Waals surface area contributed by atoms with Crippen molar-refractivity contribution in [1.29, 1.82) is 0 Å². The first-order valence-electron chi connectivity index (χ1n) is 7.78. The van der Waals surface area contributed by atoms with Crippen molar-refractivity contribution in [3.8, 4) is 0 Å². The number of carbonyl (C=O) groups excluding carboxylic acids is 1. The second-order valence-corrected chi connectivity index (χ2v) is 6.83. The molecule has 138 valence electrons. The highest BCUT2D eigenvalue weighted by atomic mass is 35.5. The van der Waals surface area contributed by atoms with Crippen molar-refractivity contribution < 1.29 is 14.5 Å². The molecule has 0 fully saturated rings. The molecular formula is C17H19ClN4O4. The molecule has 8 nitrogen and oxygen atoms in total. The number of nitro groups is 1. The lowest BCUT2D eigenvalue weighted by molar-refractivity contribution is -0.384. The van der Waals surface area contributed by atoms with Gasteiger partial charge in [-0.15, -0.1) is 0 Å². The van der Waals surface area contributed by atoms with Gasteiger partial charge in [0, 0.05) is 18.3 Å². The lowest BCUT2D eigenvalue weighted by Gasteiger charge is -2.19. The first-order chi connectivity index (χ1) is 12.1. The summed E-state index contributed by atoms with van der Waals surface area (Å²) in [5.74, 6) is 0.0414. The predicted octanol–water partition coefficient (Wildman–Crippen LogP) is 4.41. The Labute approximate surface area is 155 Å². The molecule has 0 atom stereocenters. The van der Waals surface area contributed by atoms with Crippen LogP contribution in [0.4, 0.5) is 22.0 Å². The summed E-state index contributed by atoms with van der Waals surface area (Å²) in [6.45, 7) is 5.58. The van der Waals surface area contributed by atoms with Gasteiger partial charge in [0.15, 0.2) is 0 Å². The molecule has 0 aliphatic rings. The number of rotatable bonds is 5. The van der Waals surface area contributed by atoms with Crippen LogP contribution in [0, 0.1) is 10.1 Å². The molecule has 0 radical (unpaired) electrons. The summed E-state index contributed by atoms with van der Waals surface area (Å²) >= 11 is 5.82. The monoisotopic (exact) mass is 378 g/mol. The van der Waals surface area contributed by atoms with Gasteiger partial charge in [-0.05, 0) is 44.5 Å². The topological polar surface area (TPSA) is 106 Å². The minimum Gasteiger partial charge on any atom is -0.444 e. The predicted molar refractivity (Wildman–Crippen MR) is 98.7 cm³/mol. The van der Waals surface area contributed by atoms with Crippen molar-refractivity contribution >= 4 is 34.9 Å². The van der Waals surface area contributed by atoms with Crippen LogP contribution in [0.25, 0.3) is 0 Å². The molecule has 2 rings (SSSR count). The van der Waals surface area contributed by atoms with Crippen LogP contribution >= 0.6 is 11.6 Å². The minimum atomic E-state index is -0.579. The summed E-state index contributed by atoms with van der Waals surface area (Å²) in [5, 5.41) is 16.8. The van der Waals surface area contributed by atoms with Gasteiger partial charge >= 0.3 is 11.8 Å². The number of halogens is 1. The molecule has 0 aliphatic heterocycles. The number of hydrogen-bond acceptors (Lipinski definition) is 6. The van der Waals surface area contributed by atoms with E-state index < -0.39 is 16.6 Å². The summed E-state index contributed by atoms with van der Waals surface area (Å²) < 4.78 is 5.18. The van der Waals surface area contributed by atoms with Crippen molar-refractivity contribution in [3.05, 3.63) is 57.2 Å². The third kappa shape index (κ3) is 5.89. The number of ether oxygens (including phenoxy) is 1. The van der Waals surface area contributed by atoms with Crippen LogP contribution in [-0.2, 0) is 11.3 Å². The summed E-state index contributed by atoms with van der Waals surface area (Å²) in [5.41, 5.74) is 0.591. The molecule has 1 heterocycles. The van der Waals surface area contributed by atoms with Crippen LogP contribution in [0.2, 0.25) is 5.15 Å². The molecule has 0 unspecified atom stereocenters. The summed E-state index contributed by atoms with van der Waals surface area (Å²) in [4.78, 5) is 26.2. The number of anilines is 2. The van der Waals surface area contributed by atoms with E-state index in [4.69, 9.17) is 16.3 Å². The Hall–Kier alpha value is -2.87. The van der Waals surface area contributed by atoms with Crippen molar-refractivity contribution in [2.45, 2.75) is 32.9 Å². The Morgan fingerprint density at radius 1 is 1.31 bits per heavy atom. The van der Waals surface area contributed by atoms with Gasteiger partial charge in [0.05, 0.1) is 4.92 Å². The standard InChI is InChI=1S/C17H19ClN4O4/c1-17(2,3)26-16(23)19-10-11-5-4-6-12(9-11)20-15-13(22(24)25)7-8-14(18)21-15/h4-9H,10H2,1-3H3,(H,19,23)(H,20,21). The summed E-state index contributed by atoms with van der Waals surface area (Å²) in [6.07, 6.45) is -0.525. The molecule has 26 heavy (non-hydrogen) atoms. The molecule has 2 N–H and O–H groups in total. The maximum absolute atomic E-state index is 11.7. The van der Waals surface area contributed by atoms with Gasteiger partial charge in [-0.1, -0.05) is 23.7 Å². The van der Waals surface area contributed by atoms with Gasteiger partial charge in [0.1, 0.15) is 10.8 Å². The third-order valence-corrected chi connectivity index (χ3v) is 3.27. The Morgan fingerprint density at radius 2 is 2.04 bits per heavy atom. The fourth-order valence-electron chi connectivity index (χ4n) is 2.05. The van der Waals surface area contributed by atoms with Gasteiger partial charge in [-0.2, -0.15) is 0 Å². The highest BCUT2D eigenvalue weighted by molar-refractivity contribution is 6.29. The molecule has 0 bridgehead atoms. The normalized spacial score (nSPS) is 10.9. The van der Waals surface area contributed by atoms with Gasteiger partial charge in [0.25, 0.3) is 0 Å². The van der Waals surface area contributed by atoms with Gasteiger partial charge in [-0.3, -0.25) is 10.1 Å². The lowest BCUT2D eigenvalue weighted by Crippen LogP contribution is -2.32. The molecule has 0 spiro atoms. The fourth-order valence-corrected chi connectivity index (χ4v) is 2.20. The van der Waals surface area contributed by atoms with Gasteiger partial charge in [-0.25, -0.2) is 9.78 Å². The number of nitrogens with zero attached hydrogens (tertiary/aromatic N) is 2. The maximum Gasteiger partial charge on any atom is 0.407 e. The number of pyridine rings is 1. The van der Waals surface area contributed by atoms with Gasteiger partial charge < -0.3 is 15.4 Å². The van der Waals surface area contributed by atoms with E-state index >= 15 is 0 Å². The largest absolute Gasteiger partial charge is 0.444 e. The quantitative estimate of drug-likeness (QED) is 0.453. The maximum atomic E-state index is 11.7. The lowest BCUT2D eigenvalue weighted by atomic mass is 10.2. The van der Waals surface area contributed by atoms with E-state index in [0.717, 1.165) is 5.56 Å². The first kappa shape index (κ1) is 19.5. The first-order valence-corrected chi connectivity index (χ1v) is 8.15. The van der Waals surface area contributed by atoms with Gasteiger partial charge in [0.2, 0.25) is 5.82 Å². The van der Waals surface area contributed by atoms with E-state index in [1.165, 1.54) is 12.1 Å². The molecule has 1 aromatic heterocycles. The van der Waals surface area contributed by atoms with E-state index in [0.29, 0.717) is 5.69 Å². The third-order valence-electron chi connectivity index (χ3n) is 3.06. The second-order valence-electron chi connectivity index (χ2n) is 6.44. The molecule has 1 aromatic carbocycles. The molecule has 1 amide bonds. The van der Waals surface area contributed by atoms with E-state index in [1.54, 1.807) is 39.0 Å². The van der Waals surface area contributed by atoms with E-state index in [9.17, 15) is 14.9 Å². The zero-order chi connectivity index (χ0) is 19.3. The zero-order valence-electron chi connectivity index (χ0n) is 14.6. The average molecular weight is 379 g/mol. The van der Waals surface area contributed by atoms with Crippen molar-refractivity contribution in [2.24, 2.45) is 0 Å². The minimum absolute atomic E-state index is 0.0414. The molecule has 0 aliphatic carbocycles. The van der Waals surface area contributed by atoms with Crippen molar-refractivity contribution in [2.75, 3.05) is 5.32 Å². The summed E-state index contributed by atoms with van der Waals surface area (Å²) in [6, 6.07) is 9.66. The smallest absolute Gasteiger partial charge is 0.407 e. The fraction of sp³-hybridized carbons (Fsp3) is 0.294. The van der Waals surface area contributed by atoms with Crippen molar-refractivity contribution in [1.82, 2.24) is 10.3 Å². The number of nitrogens with one attached hydrogen (secondary N) is 2. The van der Waals surface area contributed by atoms with Crippen LogP contribution in [0.5, 0.6) is 0 Å². The van der Waals surface area contributed by atoms with Crippen LogP contribution in [-0.4, -0.2) is 21.6 Å². The Balaban J connectivity index is 2.09. The molecule has 0 saturated heterocycles. The summed E-state index contributed by atoms with van der Waals surface area (Å²) in [7, 11) is 0. The van der Waals surface area contributed by atoms with Crippen molar-refractivity contribution in [3.63, 3.8) is 0 Å². The number of aromatic nitrogens is 1. The van der Waals surface area contributed by atoms with Crippen LogP contribution in [0.1, 0.15) is 26.3 Å². The Morgan fingerprint density at radius 3 is 2.69 bits per heavy atom. The van der Waals surface area contributed by atoms with Crippen LogP contribution < -0.4 is 10.6 Å². The highest BCUT2D eigenvalue weighted by Crippen LogP contribution is 2.27. The number of carbonyl (C=O) groups is 1. The number of amides is 1. The second kappa shape index (κ2) is 8.01. The van der Waals surface area contributed by atoms with E-state index in [2.05, 4.69) is 15.6 Å². The molecule has 9 heteroatoms. The average Bonchev–Trinajstić information content (AvgIpc) is 2.51. The van der Waals surface area contributed by atoms with Crippen LogP contribution in [0.3, 0.4) is 0 Å². The number of alkyl carbamates (subject to hydrolysis) is 1. The van der Waals surface area contributed by atoms with E-state index in [-0.39, 0.29) is 23.2 Å². The Kier molecular flexibility index (Phi) is 5.99. The molecule has 2 aromatic rings. The highest BCUT2D eigenvalue weighted by Gasteiger charge is 2.17. The van der Waals surface area contributed by atoms with E-state index in [1.807, 2.05) is 6.07 Å². The SMILES string of the molecule is CC(C)(C)OC(=O)NCc1cccc(Nc2nc(Cl)ccc2[N+](=O)[O-])c1. The Bertz CT molecular complexity index is 821.